The van der Waals surface area contributed by atoms with Crippen molar-refractivity contribution in [3.8, 4) is 0 Å². The van der Waals surface area contributed by atoms with E-state index in [1.54, 1.807) is 7.11 Å². The second kappa shape index (κ2) is 5.45. The van der Waals surface area contributed by atoms with Crippen LogP contribution >= 0.6 is 0 Å². The highest BCUT2D eigenvalue weighted by atomic mass is 16.5. The van der Waals surface area contributed by atoms with Crippen LogP contribution in [0.15, 0.2) is 0 Å². The van der Waals surface area contributed by atoms with Crippen molar-refractivity contribution < 1.29 is 14.6 Å². The predicted molar refractivity (Wildman–Crippen MR) is 61.4 cm³/mol. The summed E-state index contributed by atoms with van der Waals surface area (Å²) < 4.78 is 10.3. The average molecular weight is 229 g/mol. The van der Waals surface area contributed by atoms with Crippen LogP contribution in [0.25, 0.3) is 0 Å². The molecule has 0 saturated carbocycles. The summed E-state index contributed by atoms with van der Waals surface area (Å²) in [6.07, 6.45) is 2.94. The molecule has 2 aliphatic rings. The molecule has 4 heteroatoms. The van der Waals surface area contributed by atoms with Gasteiger partial charge in [0.1, 0.15) is 0 Å². The van der Waals surface area contributed by atoms with Crippen molar-refractivity contribution in [1.82, 2.24) is 4.90 Å². The van der Waals surface area contributed by atoms with Crippen LogP contribution in [0, 0.1) is 5.41 Å². The van der Waals surface area contributed by atoms with Gasteiger partial charge in [-0.15, -0.1) is 0 Å². The standard InChI is InChI=1S/C12H23NO3/c1-15-8-11(14)2-5-13-9-12(10-13)3-6-16-7-4-12/h11,14H,2-10H2,1H3. The van der Waals surface area contributed by atoms with E-state index in [1.807, 2.05) is 0 Å². The lowest BCUT2D eigenvalue weighted by Crippen LogP contribution is -2.58. The zero-order chi connectivity index (χ0) is 11.4. The first-order valence-corrected chi connectivity index (χ1v) is 6.21. The summed E-state index contributed by atoms with van der Waals surface area (Å²) in [6, 6.07) is 0. The summed E-state index contributed by atoms with van der Waals surface area (Å²) in [5, 5.41) is 9.55. The number of hydrogen-bond donors (Lipinski definition) is 1. The molecule has 16 heavy (non-hydrogen) atoms. The lowest BCUT2D eigenvalue weighted by atomic mass is 9.73. The first kappa shape index (κ1) is 12.3. The van der Waals surface area contributed by atoms with E-state index in [0.717, 1.165) is 26.2 Å². The Labute approximate surface area is 97.5 Å². The van der Waals surface area contributed by atoms with Gasteiger partial charge in [-0.2, -0.15) is 0 Å². The number of nitrogens with zero attached hydrogens (tertiary/aromatic N) is 1. The van der Waals surface area contributed by atoms with Gasteiger partial charge in [0.2, 0.25) is 0 Å². The van der Waals surface area contributed by atoms with Gasteiger partial charge < -0.3 is 19.5 Å². The van der Waals surface area contributed by atoms with Gasteiger partial charge in [0.15, 0.2) is 0 Å². The number of aliphatic hydroxyl groups excluding tert-OH is 1. The minimum atomic E-state index is -0.309. The van der Waals surface area contributed by atoms with Crippen LogP contribution in [-0.2, 0) is 9.47 Å². The Hall–Kier alpha value is -0.160. The maximum Gasteiger partial charge on any atom is 0.0785 e. The maximum atomic E-state index is 9.55. The SMILES string of the molecule is COCC(O)CCN1CC2(CCOCC2)C1. The van der Waals surface area contributed by atoms with E-state index < -0.39 is 0 Å². The highest BCUT2D eigenvalue weighted by Gasteiger charge is 2.43. The molecular weight excluding hydrogens is 206 g/mol. The Bertz CT molecular complexity index is 208. The van der Waals surface area contributed by atoms with E-state index >= 15 is 0 Å². The van der Waals surface area contributed by atoms with Gasteiger partial charge in [0, 0.05) is 45.4 Å². The quantitative estimate of drug-likeness (QED) is 0.745. The van der Waals surface area contributed by atoms with Crippen LogP contribution in [0.3, 0.4) is 0 Å². The lowest BCUT2D eigenvalue weighted by Gasteiger charge is -2.52. The fourth-order valence-electron chi connectivity index (χ4n) is 2.79. The van der Waals surface area contributed by atoms with E-state index in [2.05, 4.69) is 4.90 Å². The highest BCUT2D eigenvalue weighted by Crippen LogP contribution is 2.39. The molecule has 2 aliphatic heterocycles. The number of ether oxygens (including phenoxy) is 2. The van der Waals surface area contributed by atoms with Gasteiger partial charge in [-0.25, -0.2) is 0 Å². The number of methoxy groups -OCH3 is 1. The Morgan fingerprint density at radius 1 is 1.38 bits per heavy atom. The van der Waals surface area contributed by atoms with Gasteiger partial charge in [-0.05, 0) is 19.3 Å². The zero-order valence-corrected chi connectivity index (χ0v) is 10.2. The van der Waals surface area contributed by atoms with Crippen LogP contribution < -0.4 is 0 Å². The third-order valence-electron chi connectivity index (χ3n) is 3.81. The van der Waals surface area contributed by atoms with Gasteiger partial charge >= 0.3 is 0 Å². The van der Waals surface area contributed by atoms with Crippen LogP contribution in [0.5, 0.6) is 0 Å². The van der Waals surface area contributed by atoms with Gasteiger partial charge in [0.05, 0.1) is 12.7 Å². The first-order chi connectivity index (χ1) is 7.74. The molecule has 0 aliphatic carbocycles. The molecule has 1 N–H and O–H groups in total. The summed E-state index contributed by atoms with van der Waals surface area (Å²) in [5.74, 6) is 0. The van der Waals surface area contributed by atoms with Crippen molar-refractivity contribution in [2.75, 3.05) is 46.6 Å². The molecule has 2 fully saturated rings. The number of hydrogen-bond acceptors (Lipinski definition) is 4. The second-order valence-electron chi connectivity index (χ2n) is 5.22. The highest BCUT2D eigenvalue weighted by molar-refractivity contribution is 4.96. The topological polar surface area (TPSA) is 41.9 Å². The fourth-order valence-corrected chi connectivity index (χ4v) is 2.79. The lowest BCUT2D eigenvalue weighted by molar-refractivity contribution is -0.0845. The van der Waals surface area contributed by atoms with Crippen molar-refractivity contribution in [3.05, 3.63) is 0 Å². The molecule has 0 radical (unpaired) electrons. The van der Waals surface area contributed by atoms with Crippen molar-refractivity contribution in [3.63, 3.8) is 0 Å². The zero-order valence-electron chi connectivity index (χ0n) is 10.2. The second-order valence-corrected chi connectivity index (χ2v) is 5.22. The summed E-state index contributed by atoms with van der Waals surface area (Å²) in [7, 11) is 1.63. The van der Waals surface area contributed by atoms with Crippen molar-refractivity contribution >= 4 is 0 Å². The Morgan fingerprint density at radius 2 is 2.06 bits per heavy atom. The molecule has 0 aromatic carbocycles. The van der Waals surface area contributed by atoms with E-state index in [4.69, 9.17) is 9.47 Å². The molecule has 94 valence electrons. The monoisotopic (exact) mass is 229 g/mol. The third kappa shape index (κ3) is 2.94. The number of likely N-dealkylation sites (tertiary alicyclic amines) is 1. The number of aliphatic hydroxyl groups is 1. The molecule has 2 heterocycles. The van der Waals surface area contributed by atoms with E-state index in [-0.39, 0.29) is 6.10 Å². The summed E-state index contributed by atoms with van der Waals surface area (Å²) >= 11 is 0. The van der Waals surface area contributed by atoms with Crippen molar-refractivity contribution in [1.29, 1.82) is 0 Å². The molecule has 0 aromatic rings. The first-order valence-electron chi connectivity index (χ1n) is 6.21. The average Bonchev–Trinajstić information content (AvgIpc) is 2.25. The molecule has 1 atom stereocenters. The van der Waals surface area contributed by atoms with Gasteiger partial charge in [0.25, 0.3) is 0 Å². The van der Waals surface area contributed by atoms with Crippen LogP contribution in [-0.4, -0.2) is 62.7 Å². The molecule has 1 unspecified atom stereocenters. The minimum absolute atomic E-state index is 0.309. The fraction of sp³-hybridized carbons (Fsp3) is 1.00. The largest absolute Gasteiger partial charge is 0.391 e. The van der Waals surface area contributed by atoms with Crippen LogP contribution in [0.4, 0.5) is 0 Å². The molecule has 4 nitrogen and oxygen atoms in total. The van der Waals surface area contributed by atoms with E-state index in [0.29, 0.717) is 12.0 Å². The van der Waals surface area contributed by atoms with Gasteiger partial charge in [-0.3, -0.25) is 0 Å². The van der Waals surface area contributed by atoms with E-state index in [1.165, 1.54) is 25.9 Å². The third-order valence-corrected chi connectivity index (χ3v) is 3.81. The van der Waals surface area contributed by atoms with E-state index in [9.17, 15) is 5.11 Å². The summed E-state index contributed by atoms with van der Waals surface area (Å²) in [4.78, 5) is 2.43. The molecule has 2 rings (SSSR count). The van der Waals surface area contributed by atoms with Crippen molar-refractivity contribution in [2.24, 2.45) is 5.41 Å². The molecule has 2 saturated heterocycles. The van der Waals surface area contributed by atoms with Crippen molar-refractivity contribution in [2.45, 2.75) is 25.4 Å². The van der Waals surface area contributed by atoms with Crippen LogP contribution in [0.1, 0.15) is 19.3 Å². The van der Waals surface area contributed by atoms with Crippen LogP contribution in [0.2, 0.25) is 0 Å². The number of rotatable bonds is 5. The molecular formula is C12H23NO3. The molecule has 0 amide bonds. The smallest absolute Gasteiger partial charge is 0.0785 e. The molecule has 0 bridgehead atoms. The maximum absolute atomic E-state index is 9.55. The predicted octanol–water partition coefficient (Wildman–Crippen LogP) is 0.496. The van der Waals surface area contributed by atoms with Gasteiger partial charge in [-0.1, -0.05) is 0 Å². The Morgan fingerprint density at radius 3 is 2.69 bits per heavy atom. The molecule has 0 aromatic heterocycles. The molecule has 1 spiro atoms. The Balaban J connectivity index is 1.61. The normalized spacial score (nSPS) is 26.6. The minimum Gasteiger partial charge on any atom is -0.391 e. The summed E-state index contributed by atoms with van der Waals surface area (Å²) in [6.45, 7) is 5.69. The Kier molecular flexibility index (Phi) is 4.19. The summed E-state index contributed by atoms with van der Waals surface area (Å²) in [5.41, 5.74) is 0.546.